The van der Waals surface area contributed by atoms with Gasteiger partial charge in [0.25, 0.3) is 0 Å². The molecular weight excluding hydrogens is 400 g/mol. The summed E-state index contributed by atoms with van der Waals surface area (Å²) in [5, 5.41) is 16.1. The first-order valence-corrected chi connectivity index (χ1v) is 9.71. The number of hydrogen-bond donors (Lipinski definition) is 7. The number of imidazole rings is 1. The van der Waals surface area contributed by atoms with E-state index < -0.39 is 48.4 Å². The van der Waals surface area contributed by atoms with Crippen LogP contribution in [0.15, 0.2) is 12.5 Å². The smallest absolute Gasteiger partial charge is 0.327 e. The standard InChI is InChI=1S/C17H28N6O5S/c1-9(2)3-11(18)15(25)23-12(4-10-5-19-8-21-10)16(26)20-6-14(24)22-13(7-29)17(27)28/h5,8-9,11-13,29H,3-4,6-7,18H2,1-2H3,(H,19,21)(H,20,26)(H,22,24)(H,23,25)(H,27,28). The molecule has 0 saturated heterocycles. The van der Waals surface area contributed by atoms with Crippen molar-refractivity contribution in [2.75, 3.05) is 12.3 Å². The summed E-state index contributed by atoms with van der Waals surface area (Å²) >= 11 is 3.85. The summed E-state index contributed by atoms with van der Waals surface area (Å²) in [5.74, 6) is -2.91. The largest absolute Gasteiger partial charge is 0.480 e. The van der Waals surface area contributed by atoms with Gasteiger partial charge in [-0.3, -0.25) is 14.4 Å². The van der Waals surface area contributed by atoms with Crippen molar-refractivity contribution in [3.05, 3.63) is 18.2 Å². The minimum Gasteiger partial charge on any atom is -0.480 e. The lowest BCUT2D eigenvalue weighted by Crippen LogP contribution is -2.54. The number of thiol groups is 1. The third-order valence-electron chi connectivity index (χ3n) is 3.91. The quantitative estimate of drug-likeness (QED) is 0.196. The minimum absolute atomic E-state index is 0.0960. The number of aromatic nitrogens is 2. The number of carboxylic acids is 1. The van der Waals surface area contributed by atoms with E-state index in [-0.39, 0.29) is 18.1 Å². The molecule has 1 heterocycles. The molecule has 1 aromatic heterocycles. The molecule has 12 heteroatoms. The second kappa shape index (κ2) is 12.1. The van der Waals surface area contributed by atoms with E-state index in [9.17, 15) is 19.2 Å². The summed E-state index contributed by atoms with van der Waals surface area (Å²) < 4.78 is 0. The van der Waals surface area contributed by atoms with E-state index >= 15 is 0 Å². The molecule has 0 bridgehead atoms. The number of nitrogens with one attached hydrogen (secondary N) is 4. The van der Waals surface area contributed by atoms with Crippen LogP contribution >= 0.6 is 12.6 Å². The van der Waals surface area contributed by atoms with Gasteiger partial charge in [0.15, 0.2) is 0 Å². The number of nitrogens with two attached hydrogens (primary N) is 1. The summed E-state index contributed by atoms with van der Waals surface area (Å²) in [6, 6.07) is -2.94. The molecule has 0 aliphatic heterocycles. The van der Waals surface area contributed by atoms with Gasteiger partial charge in [0.2, 0.25) is 17.7 Å². The Balaban J connectivity index is 2.71. The number of aliphatic carboxylic acids is 1. The van der Waals surface area contributed by atoms with Crippen molar-refractivity contribution >= 4 is 36.3 Å². The zero-order valence-electron chi connectivity index (χ0n) is 16.3. The number of aromatic amines is 1. The summed E-state index contributed by atoms with van der Waals surface area (Å²) in [6.45, 7) is 3.40. The van der Waals surface area contributed by atoms with E-state index in [0.29, 0.717) is 12.1 Å². The van der Waals surface area contributed by atoms with E-state index in [1.807, 2.05) is 13.8 Å². The molecule has 0 aliphatic rings. The van der Waals surface area contributed by atoms with Crippen LogP contribution in [0.5, 0.6) is 0 Å². The Hall–Kier alpha value is -2.60. The van der Waals surface area contributed by atoms with Crippen molar-refractivity contribution in [1.82, 2.24) is 25.9 Å². The molecular formula is C17H28N6O5S. The van der Waals surface area contributed by atoms with Gasteiger partial charge in [0.05, 0.1) is 18.9 Å². The van der Waals surface area contributed by atoms with Crippen LogP contribution in [0, 0.1) is 5.92 Å². The molecule has 0 saturated carbocycles. The van der Waals surface area contributed by atoms with Gasteiger partial charge in [0, 0.05) is 24.1 Å². The van der Waals surface area contributed by atoms with Crippen LogP contribution in [0.2, 0.25) is 0 Å². The van der Waals surface area contributed by atoms with Gasteiger partial charge in [0.1, 0.15) is 12.1 Å². The zero-order chi connectivity index (χ0) is 22.0. The third kappa shape index (κ3) is 8.96. The van der Waals surface area contributed by atoms with Crippen LogP contribution in [0.25, 0.3) is 0 Å². The van der Waals surface area contributed by atoms with Gasteiger partial charge in [-0.1, -0.05) is 13.8 Å². The maximum atomic E-state index is 12.5. The van der Waals surface area contributed by atoms with Crippen LogP contribution in [0.3, 0.4) is 0 Å². The molecule has 1 rings (SSSR count). The molecule has 3 atom stereocenters. The predicted octanol–water partition coefficient (Wildman–Crippen LogP) is -1.57. The number of hydrogen-bond acceptors (Lipinski definition) is 7. The Kier molecular flexibility index (Phi) is 10.2. The molecule has 1 aromatic rings. The van der Waals surface area contributed by atoms with Crippen molar-refractivity contribution in [1.29, 1.82) is 0 Å². The van der Waals surface area contributed by atoms with E-state index in [4.69, 9.17) is 10.8 Å². The number of carbonyl (C=O) groups excluding carboxylic acids is 3. The van der Waals surface area contributed by atoms with Crippen molar-refractivity contribution in [2.45, 2.75) is 44.8 Å². The summed E-state index contributed by atoms with van der Waals surface area (Å²) in [7, 11) is 0. The third-order valence-corrected chi connectivity index (χ3v) is 4.28. The highest BCUT2D eigenvalue weighted by Gasteiger charge is 2.26. The maximum Gasteiger partial charge on any atom is 0.327 e. The molecule has 29 heavy (non-hydrogen) atoms. The number of rotatable bonds is 12. The highest BCUT2D eigenvalue weighted by Crippen LogP contribution is 2.04. The van der Waals surface area contributed by atoms with Crippen LogP contribution in [0.1, 0.15) is 26.0 Å². The lowest BCUT2D eigenvalue weighted by Gasteiger charge is -2.21. The Morgan fingerprint density at radius 1 is 1.21 bits per heavy atom. The summed E-state index contributed by atoms with van der Waals surface area (Å²) in [6.07, 6.45) is 3.51. The fourth-order valence-electron chi connectivity index (χ4n) is 2.44. The predicted molar refractivity (Wildman–Crippen MR) is 108 cm³/mol. The number of carbonyl (C=O) groups is 4. The topological polar surface area (TPSA) is 179 Å². The highest BCUT2D eigenvalue weighted by atomic mass is 32.1. The van der Waals surface area contributed by atoms with Crippen molar-refractivity contribution < 1.29 is 24.3 Å². The van der Waals surface area contributed by atoms with Gasteiger partial charge in [-0.2, -0.15) is 12.6 Å². The average Bonchev–Trinajstić information content (AvgIpc) is 3.15. The Morgan fingerprint density at radius 3 is 2.41 bits per heavy atom. The summed E-state index contributed by atoms with van der Waals surface area (Å²) in [4.78, 5) is 54.4. The van der Waals surface area contributed by atoms with Gasteiger partial charge < -0.3 is 31.8 Å². The Bertz CT molecular complexity index is 696. The van der Waals surface area contributed by atoms with Gasteiger partial charge in [-0.05, 0) is 12.3 Å². The number of H-pyrrole nitrogens is 1. The fraction of sp³-hybridized carbons (Fsp3) is 0.588. The number of amides is 3. The molecule has 0 fully saturated rings. The Labute approximate surface area is 174 Å². The molecule has 3 amide bonds. The van der Waals surface area contributed by atoms with Crippen LogP contribution < -0.4 is 21.7 Å². The first-order valence-electron chi connectivity index (χ1n) is 9.08. The van der Waals surface area contributed by atoms with Gasteiger partial charge in [-0.15, -0.1) is 0 Å². The second-order valence-electron chi connectivity index (χ2n) is 6.94. The average molecular weight is 429 g/mol. The lowest BCUT2D eigenvalue weighted by atomic mass is 10.0. The fourth-order valence-corrected chi connectivity index (χ4v) is 2.69. The first kappa shape index (κ1) is 24.4. The van der Waals surface area contributed by atoms with E-state index in [1.54, 1.807) is 0 Å². The molecule has 0 spiro atoms. The lowest BCUT2D eigenvalue weighted by molar-refractivity contribution is -0.141. The normalized spacial score (nSPS) is 14.0. The second-order valence-corrected chi connectivity index (χ2v) is 7.30. The number of nitrogens with zero attached hydrogens (tertiary/aromatic N) is 1. The van der Waals surface area contributed by atoms with Gasteiger partial charge in [-0.25, -0.2) is 9.78 Å². The van der Waals surface area contributed by atoms with Crippen molar-refractivity contribution in [3.63, 3.8) is 0 Å². The monoisotopic (exact) mass is 428 g/mol. The summed E-state index contributed by atoms with van der Waals surface area (Å²) in [5.41, 5.74) is 6.47. The SMILES string of the molecule is CC(C)CC(N)C(=O)NC(Cc1cnc[nH]1)C(=O)NCC(=O)NC(CS)C(=O)O. The van der Waals surface area contributed by atoms with Crippen LogP contribution in [-0.4, -0.2) is 69.2 Å². The molecule has 11 nitrogen and oxygen atoms in total. The Morgan fingerprint density at radius 2 is 1.90 bits per heavy atom. The van der Waals surface area contributed by atoms with E-state index in [1.165, 1.54) is 12.5 Å². The van der Waals surface area contributed by atoms with Crippen LogP contribution in [0.4, 0.5) is 0 Å². The number of carboxylic acid groups (broad SMARTS) is 1. The molecule has 162 valence electrons. The molecule has 0 aromatic carbocycles. The van der Waals surface area contributed by atoms with Crippen LogP contribution in [-0.2, 0) is 25.6 Å². The van der Waals surface area contributed by atoms with Crippen molar-refractivity contribution in [3.8, 4) is 0 Å². The zero-order valence-corrected chi connectivity index (χ0v) is 17.2. The first-order chi connectivity index (χ1) is 13.6. The highest BCUT2D eigenvalue weighted by molar-refractivity contribution is 7.80. The molecule has 0 aliphatic carbocycles. The molecule has 7 N–H and O–H groups in total. The molecule has 3 unspecified atom stereocenters. The van der Waals surface area contributed by atoms with Gasteiger partial charge >= 0.3 is 5.97 Å². The maximum absolute atomic E-state index is 12.5. The van der Waals surface area contributed by atoms with Crippen molar-refractivity contribution in [2.24, 2.45) is 11.7 Å². The van der Waals surface area contributed by atoms with E-state index in [2.05, 4.69) is 38.5 Å². The van der Waals surface area contributed by atoms with E-state index in [0.717, 1.165) is 0 Å². The molecule has 0 radical (unpaired) electrons. The minimum atomic E-state index is -1.23.